The first-order valence-corrected chi connectivity index (χ1v) is 7.75. The number of rotatable bonds is 3. The molecule has 23 heavy (non-hydrogen) atoms. The van der Waals surface area contributed by atoms with Gasteiger partial charge in [-0.1, -0.05) is 48.5 Å². The molecule has 0 aliphatic carbocycles. The monoisotopic (exact) mass is 302 g/mol. The maximum absolute atomic E-state index is 9.66. The third-order valence-electron chi connectivity index (χ3n) is 4.42. The van der Waals surface area contributed by atoms with Gasteiger partial charge < -0.3 is 10.2 Å². The van der Waals surface area contributed by atoms with Crippen molar-refractivity contribution < 1.29 is 0 Å². The van der Waals surface area contributed by atoms with E-state index in [0.29, 0.717) is 0 Å². The van der Waals surface area contributed by atoms with E-state index in [0.717, 1.165) is 22.5 Å². The highest BCUT2D eigenvalue weighted by molar-refractivity contribution is 5.76. The van der Waals surface area contributed by atoms with E-state index in [9.17, 15) is 5.53 Å². The van der Waals surface area contributed by atoms with Gasteiger partial charge in [-0.3, -0.25) is 5.22 Å². The largest absolute Gasteiger partial charge is 0.361 e. The third kappa shape index (κ3) is 2.48. The molecule has 1 heterocycles. The lowest BCUT2D eigenvalue weighted by Crippen LogP contribution is -1.98. The molecular formula is C20H20N3-. The zero-order chi connectivity index (χ0) is 16.6. The van der Waals surface area contributed by atoms with Gasteiger partial charge in [0.15, 0.2) is 0 Å². The first-order chi connectivity index (χ1) is 11.0. The minimum Gasteiger partial charge on any atom is -0.361 e. The van der Waals surface area contributed by atoms with Crippen LogP contribution in [-0.2, 0) is 0 Å². The molecule has 0 unspecified atom stereocenters. The Bertz CT molecular complexity index is 778. The van der Waals surface area contributed by atoms with Gasteiger partial charge in [0.25, 0.3) is 0 Å². The number of hydrogen-bond acceptors (Lipinski definition) is 1. The zero-order valence-corrected chi connectivity index (χ0v) is 14.0. The Hall–Kier alpha value is -2.68. The van der Waals surface area contributed by atoms with Crippen LogP contribution in [0.5, 0.6) is 0 Å². The van der Waals surface area contributed by atoms with Crippen molar-refractivity contribution in [3.63, 3.8) is 0 Å². The molecule has 3 heteroatoms. The summed E-state index contributed by atoms with van der Waals surface area (Å²) in [4.78, 5) is 0. The van der Waals surface area contributed by atoms with E-state index in [1.807, 2.05) is 24.3 Å². The van der Waals surface area contributed by atoms with E-state index < -0.39 is 0 Å². The summed E-state index contributed by atoms with van der Waals surface area (Å²) in [5, 5.41) is 3.56. The first-order valence-electron chi connectivity index (χ1n) is 7.75. The molecular weight excluding hydrogens is 282 g/mol. The Morgan fingerprint density at radius 1 is 0.652 bits per heavy atom. The molecule has 3 nitrogen and oxygen atoms in total. The summed E-state index contributed by atoms with van der Waals surface area (Å²) in [6, 6.07) is 16.5. The average Bonchev–Trinajstić information content (AvgIpc) is 2.90. The predicted octanol–water partition coefficient (Wildman–Crippen LogP) is 5.84. The van der Waals surface area contributed by atoms with Crippen LogP contribution >= 0.6 is 0 Å². The summed E-state index contributed by atoms with van der Waals surface area (Å²) in [7, 11) is 0. The zero-order valence-electron chi connectivity index (χ0n) is 14.0. The van der Waals surface area contributed by atoms with Crippen LogP contribution in [0.1, 0.15) is 22.3 Å². The normalized spacial score (nSPS) is 10.8. The molecule has 3 aromatic rings. The van der Waals surface area contributed by atoms with E-state index in [2.05, 4.69) is 57.2 Å². The van der Waals surface area contributed by atoms with Crippen LogP contribution in [0.15, 0.2) is 53.8 Å². The van der Waals surface area contributed by atoms with Crippen molar-refractivity contribution in [2.75, 3.05) is 0 Å². The molecule has 0 spiro atoms. The molecule has 0 bridgehead atoms. The van der Waals surface area contributed by atoms with Crippen molar-refractivity contribution >= 4 is 0 Å². The van der Waals surface area contributed by atoms with Crippen molar-refractivity contribution in [3.05, 3.63) is 76.3 Å². The smallest absolute Gasteiger partial charge is 0.0141 e. The first kappa shape index (κ1) is 15.2. The highest BCUT2D eigenvalue weighted by atomic mass is 15.4. The fraction of sp³-hybridized carbons (Fsp3) is 0.200. The Kier molecular flexibility index (Phi) is 3.87. The quantitative estimate of drug-likeness (QED) is 0.545. The molecule has 0 saturated heterocycles. The van der Waals surface area contributed by atoms with E-state index in [4.69, 9.17) is 0 Å². The van der Waals surface area contributed by atoms with Crippen molar-refractivity contribution in [3.8, 4) is 22.5 Å². The van der Waals surface area contributed by atoms with Gasteiger partial charge in [0.2, 0.25) is 0 Å². The lowest BCUT2D eigenvalue weighted by Gasteiger charge is -2.20. The highest BCUT2D eigenvalue weighted by Crippen LogP contribution is 2.35. The molecule has 3 rings (SSSR count). The second-order valence-corrected chi connectivity index (χ2v) is 6.04. The van der Waals surface area contributed by atoms with E-state index in [1.54, 1.807) is 4.68 Å². The Labute approximate surface area is 137 Å². The summed E-state index contributed by atoms with van der Waals surface area (Å²) in [5.74, 6) is 0. The Balaban J connectivity index is 2.29. The van der Waals surface area contributed by atoms with Gasteiger partial charge >= 0.3 is 0 Å². The summed E-state index contributed by atoms with van der Waals surface area (Å²) >= 11 is 0. The van der Waals surface area contributed by atoms with Crippen LogP contribution in [0.3, 0.4) is 0 Å². The summed E-state index contributed by atoms with van der Waals surface area (Å²) in [5.41, 5.74) is 18.4. The minimum atomic E-state index is 0.903. The molecule has 1 aromatic heterocycles. The van der Waals surface area contributed by atoms with Crippen LogP contribution in [0.25, 0.3) is 28.0 Å². The predicted molar refractivity (Wildman–Crippen MR) is 95.4 cm³/mol. The molecule has 0 amide bonds. The van der Waals surface area contributed by atoms with Crippen LogP contribution in [0.4, 0.5) is 0 Å². The van der Waals surface area contributed by atoms with Crippen molar-refractivity contribution in [2.24, 2.45) is 5.22 Å². The second-order valence-electron chi connectivity index (χ2n) is 6.04. The molecule has 0 saturated carbocycles. The summed E-state index contributed by atoms with van der Waals surface area (Å²) in [6.45, 7) is 8.32. The SMILES string of the molecule is Cc1cccc(C)c1-c1ccc(-c2c(C)cccc2C)n1N=[N-]. The topological polar surface area (TPSA) is 39.6 Å². The van der Waals surface area contributed by atoms with Gasteiger partial charge in [-0.05, 0) is 72.5 Å². The van der Waals surface area contributed by atoms with Gasteiger partial charge in [-0.25, -0.2) is 0 Å². The fourth-order valence-electron chi connectivity index (χ4n) is 3.34. The van der Waals surface area contributed by atoms with Gasteiger partial charge in [0, 0.05) is 0 Å². The molecule has 0 N–H and O–H groups in total. The number of benzene rings is 2. The molecule has 0 aliphatic rings. The van der Waals surface area contributed by atoms with Crippen LogP contribution in [0.2, 0.25) is 0 Å². The second kappa shape index (κ2) is 5.84. The number of nitrogens with zero attached hydrogens (tertiary/aromatic N) is 3. The Morgan fingerprint density at radius 3 is 1.30 bits per heavy atom. The third-order valence-corrected chi connectivity index (χ3v) is 4.42. The van der Waals surface area contributed by atoms with Gasteiger partial charge in [-0.2, -0.15) is 0 Å². The maximum Gasteiger partial charge on any atom is -0.0141 e. The van der Waals surface area contributed by atoms with E-state index in [-0.39, 0.29) is 0 Å². The van der Waals surface area contributed by atoms with Crippen LogP contribution in [0, 0.1) is 27.7 Å². The molecule has 116 valence electrons. The van der Waals surface area contributed by atoms with Gasteiger partial charge in [0.1, 0.15) is 0 Å². The molecule has 0 radical (unpaired) electrons. The number of hydrogen-bond donors (Lipinski definition) is 0. The Morgan fingerprint density at radius 2 is 1.00 bits per heavy atom. The lowest BCUT2D eigenvalue weighted by molar-refractivity contribution is 0.889. The van der Waals surface area contributed by atoms with Crippen LogP contribution < -0.4 is 0 Å². The molecule has 0 atom stereocenters. The fourth-order valence-corrected chi connectivity index (χ4v) is 3.34. The molecule has 2 aromatic carbocycles. The highest BCUT2D eigenvalue weighted by Gasteiger charge is 2.12. The number of aromatic nitrogens is 1. The molecule has 0 aliphatic heterocycles. The lowest BCUT2D eigenvalue weighted by atomic mass is 10.0. The van der Waals surface area contributed by atoms with E-state index >= 15 is 0 Å². The minimum absolute atomic E-state index is 0.903. The maximum atomic E-state index is 9.66. The van der Waals surface area contributed by atoms with E-state index in [1.165, 1.54) is 22.3 Å². The standard InChI is InChI=1S/C20H20N3/c1-13-7-5-8-14(2)19(13)17-11-12-18(23(17)22-21)20-15(3)9-6-10-16(20)4/h5-12H,1-4H3/q-1. The van der Waals surface area contributed by atoms with Crippen molar-refractivity contribution in [1.82, 2.24) is 4.68 Å². The van der Waals surface area contributed by atoms with Crippen molar-refractivity contribution in [1.29, 1.82) is 0 Å². The van der Waals surface area contributed by atoms with Crippen molar-refractivity contribution in [2.45, 2.75) is 27.7 Å². The van der Waals surface area contributed by atoms with Gasteiger partial charge in [-0.15, -0.1) is 0 Å². The van der Waals surface area contributed by atoms with Crippen LogP contribution in [-0.4, -0.2) is 4.68 Å². The summed E-state index contributed by atoms with van der Waals surface area (Å²) < 4.78 is 1.63. The summed E-state index contributed by atoms with van der Waals surface area (Å²) in [6.07, 6.45) is 0. The van der Waals surface area contributed by atoms with Gasteiger partial charge in [0.05, 0.1) is 0 Å². The molecule has 0 fully saturated rings. The number of aryl methyl sites for hydroxylation is 4. The average molecular weight is 302 g/mol.